The number of anilines is 1. The lowest BCUT2D eigenvalue weighted by molar-refractivity contribution is -0.116. The molecule has 7 nitrogen and oxygen atoms in total. The number of aromatic nitrogens is 1. The van der Waals surface area contributed by atoms with Gasteiger partial charge in [0.1, 0.15) is 5.01 Å². The fourth-order valence-electron chi connectivity index (χ4n) is 4.48. The Morgan fingerprint density at radius 2 is 1.85 bits per heavy atom. The molecular formula is C25H23N3O4S. The van der Waals surface area contributed by atoms with E-state index in [0.29, 0.717) is 40.4 Å². The summed E-state index contributed by atoms with van der Waals surface area (Å²) in [5.74, 6) is -0.482. The number of allylic oxidation sites excluding steroid dienone is 1. The standard InChI is InChI=1S/C25H23N3O4S/c1-14-12-27(13-15(2)32-14)25(31)17-8-9-22-19(10-17)26-23(33-22)11-21-24(30)18-6-4-5-7-20(18)28(21)16(3)29/h4-11,14-15H,12-13H2,1-3H3/b21-11-. The molecular weight excluding hydrogens is 438 g/mol. The predicted octanol–water partition coefficient (Wildman–Crippen LogP) is 4.14. The molecule has 0 saturated carbocycles. The van der Waals surface area contributed by atoms with E-state index in [-0.39, 0.29) is 35.5 Å². The molecule has 2 amide bonds. The monoisotopic (exact) mass is 461 g/mol. The first-order chi connectivity index (χ1) is 15.8. The Morgan fingerprint density at radius 1 is 1.12 bits per heavy atom. The first kappa shape index (κ1) is 21.5. The predicted molar refractivity (Wildman–Crippen MR) is 127 cm³/mol. The van der Waals surface area contributed by atoms with Crippen LogP contribution < -0.4 is 4.90 Å². The summed E-state index contributed by atoms with van der Waals surface area (Å²) < 4.78 is 6.63. The second kappa shape index (κ2) is 8.20. The van der Waals surface area contributed by atoms with Gasteiger partial charge in [-0.2, -0.15) is 0 Å². The molecule has 3 aromatic rings. The van der Waals surface area contributed by atoms with Crippen LogP contribution in [0.3, 0.4) is 0 Å². The summed E-state index contributed by atoms with van der Waals surface area (Å²) in [6.45, 7) is 6.48. The average Bonchev–Trinajstić information content (AvgIpc) is 3.30. The molecule has 2 atom stereocenters. The van der Waals surface area contributed by atoms with E-state index in [0.717, 1.165) is 4.70 Å². The van der Waals surface area contributed by atoms with Crippen molar-refractivity contribution in [3.63, 3.8) is 0 Å². The van der Waals surface area contributed by atoms with Crippen LogP contribution in [0.5, 0.6) is 0 Å². The third kappa shape index (κ3) is 3.85. The van der Waals surface area contributed by atoms with Crippen LogP contribution in [0.25, 0.3) is 16.3 Å². The Kier molecular flexibility index (Phi) is 5.34. The van der Waals surface area contributed by atoms with Crippen LogP contribution in [0.2, 0.25) is 0 Å². The van der Waals surface area contributed by atoms with Gasteiger partial charge in [0.05, 0.1) is 33.8 Å². The molecule has 1 saturated heterocycles. The zero-order valence-electron chi connectivity index (χ0n) is 18.6. The fraction of sp³-hybridized carbons (Fsp3) is 0.280. The van der Waals surface area contributed by atoms with E-state index in [9.17, 15) is 14.4 Å². The van der Waals surface area contributed by atoms with Crippen LogP contribution in [-0.2, 0) is 9.53 Å². The lowest BCUT2D eigenvalue weighted by Gasteiger charge is -2.35. The zero-order chi connectivity index (χ0) is 23.3. The van der Waals surface area contributed by atoms with E-state index in [1.165, 1.54) is 23.2 Å². The van der Waals surface area contributed by atoms with Crippen LogP contribution in [0.1, 0.15) is 46.5 Å². The Balaban J connectivity index is 1.47. The first-order valence-corrected chi connectivity index (χ1v) is 11.6. The zero-order valence-corrected chi connectivity index (χ0v) is 19.4. The number of ketones is 1. The van der Waals surface area contributed by atoms with Gasteiger partial charge in [-0.1, -0.05) is 12.1 Å². The minimum absolute atomic E-state index is 0.00350. The highest BCUT2D eigenvalue weighted by Crippen LogP contribution is 2.36. The molecule has 0 spiro atoms. The van der Waals surface area contributed by atoms with Crippen LogP contribution in [0.4, 0.5) is 5.69 Å². The lowest BCUT2D eigenvalue weighted by Crippen LogP contribution is -2.48. The molecule has 2 aliphatic heterocycles. The van der Waals surface area contributed by atoms with E-state index in [1.807, 2.05) is 30.9 Å². The third-order valence-corrected chi connectivity index (χ3v) is 6.78. The number of thiazole rings is 1. The number of rotatable bonds is 2. The highest BCUT2D eigenvalue weighted by molar-refractivity contribution is 7.19. The number of carbonyl (C=O) groups is 3. The van der Waals surface area contributed by atoms with E-state index in [4.69, 9.17) is 4.74 Å². The van der Waals surface area contributed by atoms with Crippen LogP contribution in [-0.4, -0.2) is 52.8 Å². The molecule has 5 rings (SSSR count). The number of amides is 2. The number of hydrogen-bond donors (Lipinski definition) is 0. The molecule has 0 N–H and O–H groups in total. The normalized spacial score (nSPS) is 21.7. The van der Waals surface area contributed by atoms with Crippen molar-refractivity contribution in [3.05, 3.63) is 64.3 Å². The second-order valence-corrected chi connectivity index (χ2v) is 9.49. The second-order valence-electron chi connectivity index (χ2n) is 8.43. The van der Waals surface area contributed by atoms with Crippen LogP contribution in [0.15, 0.2) is 48.2 Å². The van der Waals surface area contributed by atoms with Crippen LogP contribution >= 0.6 is 11.3 Å². The van der Waals surface area contributed by atoms with Gasteiger partial charge in [-0.25, -0.2) is 4.98 Å². The molecule has 2 aromatic carbocycles. The minimum atomic E-state index is -0.234. The summed E-state index contributed by atoms with van der Waals surface area (Å²) in [7, 11) is 0. The molecule has 8 heteroatoms. The lowest BCUT2D eigenvalue weighted by atomic mass is 10.1. The molecule has 3 heterocycles. The van der Waals surface area contributed by atoms with Gasteiger partial charge < -0.3 is 9.64 Å². The SMILES string of the molecule is CC(=O)N1/C(=C\c2nc3cc(C(=O)N4CC(C)OC(C)C4)ccc3s2)C(=O)c2ccccc21. The summed E-state index contributed by atoms with van der Waals surface area (Å²) in [6.07, 6.45) is 1.65. The molecule has 2 unspecified atom stereocenters. The maximum Gasteiger partial charge on any atom is 0.254 e. The van der Waals surface area contributed by atoms with Crippen molar-refractivity contribution in [1.82, 2.24) is 9.88 Å². The van der Waals surface area contributed by atoms with Crippen molar-refractivity contribution in [2.24, 2.45) is 0 Å². The summed E-state index contributed by atoms with van der Waals surface area (Å²) in [4.78, 5) is 46.2. The number of benzene rings is 2. The quantitative estimate of drug-likeness (QED) is 0.536. The first-order valence-electron chi connectivity index (χ1n) is 10.8. The average molecular weight is 462 g/mol. The Labute approximate surface area is 195 Å². The number of fused-ring (bicyclic) bond motifs is 2. The topological polar surface area (TPSA) is 79.8 Å². The van der Waals surface area contributed by atoms with E-state index < -0.39 is 0 Å². The van der Waals surface area contributed by atoms with Gasteiger partial charge >= 0.3 is 0 Å². The maximum absolute atomic E-state index is 13.1. The van der Waals surface area contributed by atoms with Crippen molar-refractivity contribution < 1.29 is 19.1 Å². The van der Waals surface area contributed by atoms with Crippen molar-refractivity contribution in [2.45, 2.75) is 33.0 Å². The van der Waals surface area contributed by atoms with Gasteiger partial charge in [-0.15, -0.1) is 11.3 Å². The number of Topliss-reactive ketones (excluding diaryl/α,β-unsaturated/α-hetero) is 1. The van der Waals surface area contributed by atoms with Crippen molar-refractivity contribution in [3.8, 4) is 0 Å². The van der Waals surface area contributed by atoms with E-state index in [1.54, 1.807) is 36.4 Å². The molecule has 0 radical (unpaired) electrons. The van der Waals surface area contributed by atoms with Crippen molar-refractivity contribution in [1.29, 1.82) is 0 Å². The Morgan fingerprint density at radius 3 is 2.58 bits per heavy atom. The van der Waals surface area contributed by atoms with Gasteiger partial charge in [-0.05, 0) is 44.2 Å². The summed E-state index contributed by atoms with van der Waals surface area (Å²) in [5, 5.41) is 0.602. The largest absolute Gasteiger partial charge is 0.372 e. The fourth-order valence-corrected chi connectivity index (χ4v) is 5.37. The highest BCUT2D eigenvalue weighted by atomic mass is 32.1. The van der Waals surface area contributed by atoms with Crippen LogP contribution in [0, 0.1) is 0 Å². The Bertz CT molecular complexity index is 1320. The Hall–Kier alpha value is -3.36. The van der Waals surface area contributed by atoms with E-state index in [2.05, 4.69) is 4.98 Å². The number of carbonyl (C=O) groups excluding carboxylic acids is 3. The number of morpholine rings is 1. The minimum Gasteiger partial charge on any atom is -0.372 e. The number of para-hydroxylation sites is 1. The number of hydrogen-bond acceptors (Lipinski definition) is 6. The molecule has 1 aromatic heterocycles. The van der Waals surface area contributed by atoms with Gasteiger partial charge in [0.15, 0.2) is 0 Å². The molecule has 0 aliphatic carbocycles. The van der Waals surface area contributed by atoms with E-state index >= 15 is 0 Å². The third-order valence-electron chi connectivity index (χ3n) is 5.80. The van der Waals surface area contributed by atoms with Crippen molar-refractivity contribution in [2.75, 3.05) is 18.0 Å². The molecule has 168 valence electrons. The molecule has 33 heavy (non-hydrogen) atoms. The molecule has 0 bridgehead atoms. The number of ether oxygens (including phenoxy) is 1. The van der Waals surface area contributed by atoms with Gasteiger partial charge in [-0.3, -0.25) is 19.3 Å². The summed E-state index contributed by atoms with van der Waals surface area (Å²) in [5.41, 5.74) is 2.63. The van der Waals surface area contributed by atoms with Gasteiger partial charge in [0, 0.05) is 37.2 Å². The van der Waals surface area contributed by atoms with Gasteiger partial charge in [0.2, 0.25) is 11.7 Å². The molecule has 1 fully saturated rings. The number of nitrogens with zero attached hydrogens (tertiary/aromatic N) is 3. The summed E-state index contributed by atoms with van der Waals surface area (Å²) >= 11 is 1.41. The maximum atomic E-state index is 13.1. The van der Waals surface area contributed by atoms with Crippen molar-refractivity contribution >= 4 is 50.9 Å². The van der Waals surface area contributed by atoms with Gasteiger partial charge in [0.25, 0.3) is 5.91 Å². The molecule has 2 aliphatic rings. The highest BCUT2D eigenvalue weighted by Gasteiger charge is 2.34. The summed E-state index contributed by atoms with van der Waals surface area (Å²) in [6, 6.07) is 12.5. The smallest absolute Gasteiger partial charge is 0.254 e.